The Bertz CT molecular complexity index is 725. The molecule has 0 atom stereocenters. The molecule has 0 bridgehead atoms. The molecule has 0 radical (unpaired) electrons. The van der Waals surface area contributed by atoms with E-state index < -0.39 is 16.6 Å². The molecule has 0 amide bonds. The van der Waals surface area contributed by atoms with Crippen LogP contribution in [0.5, 0.6) is 0 Å². The van der Waals surface area contributed by atoms with Crippen molar-refractivity contribution in [2.75, 3.05) is 11.4 Å². The minimum absolute atomic E-state index is 0.303. The third kappa shape index (κ3) is 2.31. The highest BCUT2D eigenvalue weighted by Crippen LogP contribution is 2.27. The van der Waals surface area contributed by atoms with Crippen LogP contribution in [0.1, 0.15) is 16.2 Å². The van der Waals surface area contributed by atoms with Crippen LogP contribution in [0, 0.1) is 10.1 Å². The lowest BCUT2D eigenvalue weighted by Gasteiger charge is -2.29. The van der Waals surface area contributed by atoms with Crippen molar-refractivity contribution in [2.24, 2.45) is 0 Å². The molecular weight excluding hydrogens is 276 g/mol. The lowest BCUT2D eigenvalue weighted by molar-refractivity contribution is -0.385. The molecule has 8 nitrogen and oxygen atoms in total. The molecule has 0 fully saturated rings. The summed E-state index contributed by atoms with van der Waals surface area (Å²) in [6, 6.07) is 4.17. The van der Waals surface area contributed by atoms with Crippen LogP contribution < -0.4 is 4.90 Å². The van der Waals surface area contributed by atoms with Gasteiger partial charge in [-0.15, -0.1) is 0 Å². The second-order valence-electron chi connectivity index (χ2n) is 4.72. The van der Waals surface area contributed by atoms with Gasteiger partial charge in [0.1, 0.15) is 11.4 Å². The first-order valence-electron chi connectivity index (χ1n) is 6.33. The number of hydrogen-bond acceptors (Lipinski definition) is 5. The fraction of sp³-hybridized carbons (Fsp3) is 0.231. The van der Waals surface area contributed by atoms with Gasteiger partial charge in [-0.25, -0.2) is 9.78 Å². The lowest BCUT2D eigenvalue weighted by Crippen LogP contribution is -2.33. The van der Waals surface area contributed by atoms with E-state index in [1.165, 1.54) is 12.1 Å². The molecular formula is C13H12N4O4. The molecule has 1 aliphatic heterocycles. The van der Waals surface area contributed by atoms with Crippen LogP contribution in [0.2, 0.25) is 0 Å². The molecule has 3 rings (SSSR count). The fourth-order valence-corrected chi connectivity index (χ4v) is 2.44. The Kier molecular flexibility index (Phi) is 3.05. The number of aromatic nitrogens is 2. The zero-order valence-corrected chi connectivity index (χ0v) is 11.0. The first kappa shape index (κ1) is 13.1. The topological polar surface area (TPSA) is 102 Å². The molecule has 21 heavy (non-hydrogen) atoms. The van der Waals surface area contributed by atoms with Crippen LogP contribution >= 0.6 is 0 Å². The van der Waals surface area contributed by atoms with Gasteiger partial charge in [0.05, 0.1) is 11.5 Å². The maximum Gasteiger partial charge on any atom is 0.342 e. The monoisotopic (exact) mass is 288 g/mol. The zero-order valence-electron chi connectivity index (χ0n) is 11.0. The summed E-state index contributed by atoms with van der Waals surface area (Å²) < 4.78 is 2.02. The van der Waals surface area contributed by atoms with E-state index in [0.717, 1.165) is 12.4 Å². The summed E-state index contributed by atoms with van der Waals surface area (Å²) in [6.45, 7) is 1.97. The van der Waals surface area contributed by atoms with Gasteiger partial charge < -0.3 is 14.6 Å². The summed E-state index contributed by atoms with van der Waals surface area (Å²) in [5.74, 6) is -0.423. The number of nitro groups is 1. The van der Waals surface area contributed by atoms with Gasteiger partial charge in [0.15, 0.2) is 0 Å². The maximum absolute atomic E-state index is 11.0. The van der Waals surface area contributed by atoms with E-state index in [-0.39, 0.29) is 5.56 Å². The summed E-state index contributed by atoms with van der Waals surface area (Å²) in [7, 11) is 0. The number of hydrogen-bond donors (Lipinski definition) is 1. The van der Waals surface area contributed by atoms with Gasteiger partial charge in [-0.1, -0.05) is 0 Å². The number of benzene rings is 1. The Morgan fingerprint density at radius 1 is 1.38 bits per heavy atom. The zero-order chi connectivity index (χ0) is 15.0. The molecule has 0 unspecified atom stereocenters. The Hall–Kier alpha value is -2.90. The molecule has 1 aliphatic rings. The van der Waals surface area contributed by atoms with Crippen molar-refractivity contribution in [1.82, 2.24) is 9.55 Å². The molecule has 0 spiro atoms. The van der Waals surface area contributed by atoms with Crippen molar-refractivity contribution < 1.29 is 14.8 Å². The van der Waals surface area contributed by atoms with E-state index in [4.69, 9.17) is 5.11 Å². The van der Waals surface area contributed by atoms with Crippen LogP contribution in [0.4, 0.5) is 11.4 Å². The van der Waals surface area contributed by atoms with E-state index in [0.29, 0.717) is 18.8 Å². The van der Waals surface area contributed by atoms with Crippen LogP contribution in [0.15, 0.2) is 30.6 Å². The number of imidazole rings is 1. The molecule has 2 heterocycles. The van der Waals surface area contributed by atoms with Crippen LogP contribution in [-0.4, -0.2) is 32.1 Å². The van der Waals surface area contributed by atoms with Crippen molar-refractivity contribution in [3.05, 3.63) is 52.1 Å². The van der Waals surface area contributed by atoms with Crippen molar-refractivity contribution in [3.63, 3.8) is 0 Å². The molecule has 1 aromatic carbocycles. The number of rotatable bonds is 3. The Morgan fingerprint density at radius 3 is 2.90 bits per heavy atom. The molecule has 0 aliphatic carbocycles. The van der Waals surface area contributed by atoms with Crippen molar-refractivity contribution in [3.8, 4) is 0 Å². The van der Waals surface area contributed by atoms with Gasteiger partial charge in [0, 0.05) is 37.2 Å². The highest BCUT2D eigenvalue weighted by Gasteiger charge is 2.23. The van der Waals surface area contributed by atoms with Crippen LogP contribution in [0.3, 0.4) is 0 Å². The molecule has 2 aromatic rings. The number of nitro benzene ring substituents is 1. The van der Waals surface area contributed by atoms with Gasteiger partial charge in [-0.2, -0.15) is 0 Å². The number of carboxylic acids is 1. The number of carbonyl (C=O) groups is 1. The van der Waals surface area contributed by atoms with Gasteiger partial charge in [0.2, 0.25) is 0 Å². The van der Waals surface area contributed by atoms with Gasteiger partial charge in [-0.05, 0) is 12.1 Å². The first-order valence-corrected chi connectivity index (χ1v) is 6.33. The van der Waals surface area contributed by atoms with E-state index in [9.17, 15) is 14.9 Å². The number of aromatic carboxylic acids is 1. The van der Waals surface area contributed by atoms with E-state index in [1.807, 2.05) is 15.7 Å². The third-order valence-corrected chi connectivity index (χ3v) is 3.52. The number of carboxylic acid groups (broad SMARTS) is 1. The summed E-state index contributed by atoms with van der Waals surface area (Å²) in [5.41, 5.74) is -0.0721. The summed E-state index contributed by atoms with van der Waals surface area (Å²) in [5, 5.41) is 20.0. The Morgan fingerprint density at radius 2 is 2.19 bits per heavy atom. The second-order valence-corrected chi connectivity index (χ2v) is 4.72. The third-order valence-electron chi connectivity index (χ3n) is 3.52. The van der Waals surface area contributed by atoms with E-state index in [2.05, 4.69) is 4.98 Å². The fourth-order valence-electron chi connectivity index (χ4n) is 2.44. The van der Waals surface area contributed by atoms with Gasteiger partial charge in [-0.3, -0.25) is 10.1 Å². The Labute approximate surface area is 119 Å². The number of fused-ring (bicyclic) bond motifs is 1. The maximum atomic E-state index is 11.0. The first-order chi connectivity index (χ1) is 10.1. The predicted molar refractivity (Wildman–Crippen MR) is 73.3 cm³/mol. The van der Waals surface area contributed by atoms with Gasteiger partial charge in [0.25, 0.3) is 5.69 Å². The van der Waals surface area contributed by atoms with Crippen molar-refractivity contribution in [1.29, 1.82) is 0 Å². The quantitative estimate of drug-likeness (QED) is 0.678. The highest BCUT2D eigenvalue weighted by atomic mass is 16.6. The molecule has 8 heteroatoms. The molecule has 1 aromatic heterocycles. The summed E-state index contributed by atoms with van der Waals surface area (Å²) in [4.78, 5) is 27.5. The largest absolute Gasteiger partial charge is 0.477 e. The van der Waals surface area contributed by atoms with Crippen LogP contribution in [-0.2, 0) is 13.1 Å². The number of anilines is 1. The minimum Gasteiger partial charge on any atom is -0.477 e. The average molecular weight is 288 g/mol. The number of nitrogens with zero attached hydrogens (tertiary/aromatic N) is 4. The smallest absolute Gasteiger partial charge is 0.342 e. The molecule has 0 saturated heterocycles. The van der Waals surface area contributed by atoms with E-state index >= 15 is 0 Å². The Balaban J connectivity index is 1.95. The molecule has 0 saturated carbocycles. The lowest BCUT2D eigenvalue weighted by atomic mass is 10.1. The van der Waals surface area contributed by atoms with Crippen LogP contribution in [0.25, 0.3) is 0 Å². The molecule has 1 N–H and O–H groups in total. The summed E-state index contributed by atoms with van der Waals surface area (Å²) in [6.07, 6.45) is 3.61. The van der Waals surface area contributed by atoms with E-state index in [1.54, 1.807) is 12.3 Å². The molecule has 108 valence electrons. The van der Waals surface area contributed by atoms with Crippen molar-refractivity contribution >= 4 is 17.3 Å². The minimum atomic E-state index is -1.30. The normalized spacial score (nSPS) is 13.8. The average Bonchev–Trinajstić information content (AvgIpc) is 2.93. The standard InChI is InChI=1S/C13H12N4O4/c18-13(19)10-2-1-9(7-11(10)17(20)21)16-6-5-15-4-3-14-12(15)8-16/h1-4,7H,5-6,8H2,(H,18,19). The van der Waals surface area contributed by atoms with Crippen molar-refractivity contribution in [2.45, 2.75) is 13.1 Å². The van der Waals surface area contributed by atoms with Gasteiger partial charge >= 0.3 is 5.97 Å². The SMILES string of the molecule is O=C(O)c1ccc(N2CCn3ccnc3C2)cc1[N+](=O)[O-]. The predicted octanol–water partition coefficient (Wildman–Crippen LogP) is 1.51. The second kappa shape index (κ2) is 4.89. The summed E-state index contributed by atoms with van der Waals surface area (Å²) >= 11 is 0. The highest BCUT2D eigenvalue weighted by molar-refractivity contribution is 5.93.